The van der Waals surface area contributed by atoms with Gasteiger partial charge in [-0.15, -0.1) is 0 Å². The lowest BCUT2D eigenvalue weighted by atomic mass is 10.0. The molecular weight excluding hydrogens is 269 g/mol. The van der Waals surface area contributed by atoms with Gasteiger partial charge >= 0.3 is 5.69 Å². The molecule has 0 aliphatic carbocycles. The minimum Gasteiger partial charge on any atom is -0.378 e. The van der Waals surface area contributed by atoms with Crippen LogP contribution in [0.5, 0.6) is 0 Å². The van der Waals surface area contributed by atoms with Gasteiger partial charge in [-0.3, -0.25) is 0 Å². The van der Waals surface area contributed by atoms with Crippen molar-refractivity contribution in [1.82, 2.24) is 9.97 Å². The molecule has 0 saturated heterocycles. The SMILES string of the molecule is CCC(Nc1ccc2[nH]c(=O)[nH]c2c1)c1ccccc1F. The Hall–Kier alpha value is -2.56. The molecule has 0 radical (unpaired) electrons. The zero-order chi connectivity index (χ0) is 14.8. The van der Waals surface area contributed by atoms with Crippen LogP contribution in [0.15, 0.2) is 47.3 Å². The molecule has 0 bridgehead atoms. The second-order valence-electron chi connectivity index (χ2n) is 4.97. The van der Waals surface area contributed by atoms with Crippen LogP contribution in [-0.2, 0) is 0 Å². The minimum absolute atomic E-state index is 0.116. The summed E-state index contributed by atoms with van der Waals surface area (Å²) in [6.45, 7) is 2.00. The van der Waals surface area contributed by atoms with Gasteiger partial charge in [0.2, 0.25) is 0 Å². The van der Waals surface area contributed by atoms with Crippen molar-refractivity contribution in [3.8, 4) is 0 Å². The zero-order valence-corrected chi connectivity index (χ0v) is 11.6. The third-order valence-corrected chi connectivity index (χ3v) is 3.55. The Morgan fingerprint density at radius 1 is 1.14 bits per heavy atom. The zero-order valence-electron chi connectivity index (χ0n) is 11.6. The van der Waals surface area contributed by atoms with E-state index in [1.807, 2.05) is 31.2 Å². The molecule has 21 heavy (non-hydrogen) atoms. The number of benzene rings is 2. The van der Waals surface area contributed by atoms with Crippen molar-refractivity contribution in [2.45, 2.75) is 19.4 Å². The highest BCUT2D eigenvalue weighted by Crippen LogP contribution is 2.25. The van der Waals surface area contributed by atoms with E-state index < -0.39 is 0 Å². The summed E-state index contributed by atoms with van der Waals surface area (Å²) >= 11 is 0. The van der Waals surface area contributed by atoms with Crippen LogP contribution in [0, 0.1) is 5.82 Å². The van der Waals surface area contributed by atoms with E-state index in [-0.39, 0.29) is 17.5 Å². The molecule has 3 aromatic rings. The van der Waals surface area contributed by atoms with E-state index in [0.717, 1.165) is 23.1 Å². The maximum absolute atomic E-state index is 13.9. The number of rotatable bonds is 4. The van der Waals surface area contributed by atoms with Crippen molar-refractivity contribution in [3.05, 3.63) is 64.3 Å². The van der Waals surface area contributed by atoms with Crippen LogP contribution in [0.4, 0.5) is 10.1 Å². The van der Waals surface area contributed by atoms with Crippen molar-refractivity contribution in [3.63, 3.8) is 0 Å². The maximum atomic E-state index is 13.9. The molecule has 1 aromatic heterocycles. The number of anilines is 1. The van der Waals surface area contributed by atoms with E-state index in [2.05, 4.69) is 15.3 Å². The number of H-pyrrole nitrogens is 2. The molecule has 0 saturated carbocycles. The molecule has 108 valence electrons. The third-order valence-electron chi connectivity index (χ3n) is 3.55. The predicted octanol–water partition coefficient (Wildman–Crippen LogP) is 3.56. The van der Waals surface area contributed by atoms with Crippen LogP contribution in [0.3, 0.4) is 0 Å². The number of fused-ring (bicyclic) bond motifs is 1. The Balaban J connectivity index is 1.92. The van der Waals surface area contributed by atoms with E-state index >= 15 is 0 Å². The molecule has 0 aliphatic heterocycles. The highest BCUT2D eigenvalue weighted by Gasteiger charge is 2.13. The average molecular weight is 285 g/mol. The summed E-state index contributed by atoms with van der Waals surface area (Å²) in [5.74, 6) is -0.215. The molecule has 3 N–H and O–H groups in total. The Bertz CT molecular complexity index is 822. The van der Waals surface area contributed by atoms with E-state index in [0.29, 0.717) is 5.56 Å². The number of aromatic amines is 2. The lowest BCUT2D eigenvalue weighted by molar-refractivity contribution is 0.587. The molecular formula is C16H16FN3O. The van der Waals surface area contributed by atoms with E-state index in [9.17, 15) is 9.18 Å². The first-order valence-electron chi connectivity index (χ1n) is 6.90. The summed E-state index contributed by atoms with van der Waals surface area (Å²) in [5, 5.41) is 3.31. The molecule has 5 heteroatoms. The molecule has 1 atom stereocenters. The van der Waals surface area contributed by atoms with Gasteiger partial charge in [-0.1, -0.05) is 25.1 Å². The Kier molecular flexibility index (Phi) is 3.48. The second kappa shape index (κ2) is 5.44. The molecule has 1 heterocycles. The van der Waals surface area contributed by atoms with Gasteiger partial charge < -0.3 is 15.3 Å². The third kappa shape index (κ3) is 2.67. The first kappa shape index (κ1) is 13.4. The van der Waals surface area contributed by atoms with E-state index in [4.69, 9.17) is 0 Å². The van der Waals surface area contributed by atoms with Crippen LogP contribution in [0.2, 0.25) is 0 Å². The van der Waals surface area contributed by atoms with Gasteiger partial charge in [0.05, 0.1) is 17.1 Å². The molecule has 1 unspecified atom stereocenters. The number of nitrogens with one attached hydrogen (secondary N) is 3. The van der Waals surface area contributed by atoms with E-state index in [1.165, 1.54) is 6.07 Å². The normalized spacial score (nSPS) is 12.5. The van der Waals surface area contributed by atoms with Gasteiger partial charge in [0.15, 0.2) is 0 Å². The van der Waals surface area contributed by atoms with Gasteiger partial charge in [0, 0.05) is 11.3 Å². The molecule has 4 nitrogen and oxygen atoms in total. The summed E-state index contributed by atoms with van der Waals surface area (Å²) in [7, 11) is 0. The van der Waals surface area contributed by atoms with Crippen molar-refractivity contribution in [1.29, 1.82) is 0 Å². The number of aromatic nitrogens is 2. The fraction of sp³-hybridized carbons (Fsp3) is 0.188. The number of hydrogen-bond donors (Lipinski definition) is 3. The smallest absolute Gasteiger partial charge is 0.323 e. The molecule has 2 aromatic carbocycles. The Morgan fingerprint density at radius 3 is 2.67 bits per heavy atom. The quantitative estimate of drug-likeness (QED) is 0.686. The number of imidazole rings is 1. The van der Waals surface area contributed by atoms with Crippen LogP contribution >= 0.6 is 0 Å². The van der Waals surface area contributed by atoms with E-state index in [1.54, 1.807) is 12.1 Å². The summed E-state index contributed by atoms with van der Waals surface area (Å²) < 4.78 is 13.9. The van der Waals surface area contributed by atoms with Crippen molar-refractivity contribution < 1.29 is 4.39 Å². The van der Waals surface area contributed by atoms with Gasteiger partial charge in [-0.2, -0.15) is 0 Å². The van der Waals surface area contributed by atoms with Gasteiger partial charge in [0.25, 0.3) is 0 Å². The van der Waals surface area contributed by atoms with Gasteiger partial charge in [-0.25, -0.2) is 9.18 Å². The number of hydrogen-bond acceptors (Lipinski definition) is 2. The average Bonchev–Trinajstić information content (AvgIpc) is 2.85. The predicted molar refractivity (Wildman–Crippen MR) is 82.0 cm³/mol. The first-order chi connectivity index (χ1) is 10.2. The summed E-state index contributed by atoms with van der Waals surface area (Å²) in [4.78, 5) is 16.7. The monoisotopic (exact) mass is 285 g/mol. The van der Waals surface area contributed by atoms with Gasteiger partial charge in [-0.05, 0) is 30.7 Å². The minimum atomic E-state index is -0.233. The molecule has 0 aliphatic rings. The highest BCUT2D eigenvalue weighted by atomic mass is 19.1. The highest BCUT2D eigenvalue weighted by molar-refractivity contribution is 5.78. The second-order valence-corrected chi connectivity index (χ2v) is 4.97. The number of halogens is 1. The lowest BCUT2D eigenvalue weighted by Gasteiger charge is -2.19. The summed E-state index contributed by atoms with van der Waals surface area (Å²) in [5.41, 5.74) is 2.73. The summed E-state index contributed by atoms with van der Waals surface area (Å²) in [6, 6.07) is 12.2. The topological polar surface area (TPSA) is 60.7 Å². The van der Waals surface area contributed by atoms with Crippen molar-refractivity contribution in [2.75, 3.05) is 5.32 Å². The van der Waals surface area contributed by atoms with Crippen LogP contribution < -0.4 is 11.0 Å². The maximum Gasteiger partial charge on any atom is 0.323 e. The van der Waals surface area contributed by atoms with Crippen LogP contribution in [0.25, 0.3) is 11.0 Å². The molecule has 3 rings (SSSR count). The van der Waals surface area contributed by atoms with Crippen molar-refractivity contribution >= 4 is 16.7 Å². The fourth-order valence-electron chi connectivity index (χ4n) is 2.48. The largest absolute Gasteiger partial charge is 0.378 e. The van der Waals surface area contributed by atoms with Crippen molar-refractivity contribution in [2.24, 2.45) is 0 Å². The van der Waals surface area contributed by atoms with Gasteiger partial charge in [0.1, 0.15) is 5.82 Å². The lowest BCUT2D eigenvalue weighted by Crippen LogP contribution is -2.11. The Labute approximate surface area is 121 Å². The molecule has 0 fully saturated rings. The molecule has 0 amide bonds. The van der Waals surface area contributed by atoms with Crippen LogP contribution in [0.1, 0.15) is 24.9 Å². The Morgan fingerprint density at radius 2 is 1.90 bits per heavy atom. The first-order valence-corrected chi connectivity index (χ1v) is 6.90. The summed E-state index contributed by atoms with van der Waals surface area (Å²) in [6.07, 6.45) is 0.753. The van der Waals surface area contributed by atoms with Crippen LogP contribution in [-0.4, -0.2) is 9.97 Å². The standard InChI is InChI=1S/C16H16FN3O/c1-2-13(11-5-3-4-6-12(11)17)18-10-7-8-14-15(9-10)20-16(21)19-14/h3-9,13,18H,2H2,1H3,(H2,19,20,21). The molecule has 0 spiro atoms. The fourth-order valence-corrected chi connectivity index (χ4v) is 2.48.